The smallest absolute Gasteiger partial charge is 0.303 e. The molecular weight excluding hydrogens is 400 g/mol. The highest BCUT2D eigenvalue weighted by Gasteiger charge is 2.63. The molecular formula is C28H46O4. The van der Waals surface area contributed by atoms with Gasteiger partial charge in [0.15, 0.2) is 0 Å². The minimum atomic E-state index is -0.707. The summed E-state index contributed by atoms with van der Waals surface area (Å²) >= 11 is 0. The van der Waals surface area contributed by atoms with E-state index in [1.807, 2.05) is 0 Å². The van der Waals surface area contributed by atoms with Gasteiger partial charge in [-0.05, 0) is 104 Å². The van der Waals surface area contributed by atoms with Crippen LogP contribution in [0.5, 0.6) is 0 Å². The maximum absolute atomic E-state index is 11.5. The lowest BCUT2D eigenvalue weighted by Crippen LogP contribution is -2.58. The maximum Gasteiger partial charge on any atom is 0.303 e. The zero-order valence-corrected chi connectivity index (χ0v) is 20.5. The van der Waals surface area contributed by atoms with Gasteiger partial charge in [0.2, 0.25) is 0 Å². The number of aliphatic hydroxyl groups is 2. The van der Waals surface area contributed by atoms with Gasteiger partial charge in [-0.2, -0.15) is 0 Å². The second kappa shape index (κ2) is 10.0. The van der Waals surface area contributed by atoms with E-state index >= 15 is 0 Å². The number of fused-ring (bicyclic) bond motifs is 5. The van der Waals surface area contributed by atoms with Gasteiger partial charge in [-0.3, -0.25) is 4.79 Å². The van der Waals surface area contributed by atoms with Crippen LogP contribution in [0.4, 0.5) is 0 Å². The highest BCUT2D eigenvalue weighted by Crippen LogP contribution is 2.68. The summed E-state index contributed by atoms with van der Waals surface area (Å²) in [4.78, 5) is 11.1. The SMILES string of the molecule is C=CC=C.C[C@H](CCC(=O)O)[C@H]1CCC2C3CC[C@@H]4C[C@H](O)CC[C@]4(C)C3C[C@H](O)[C@@]21C. The molecule has 4 rings (SSSR count). The molecule has 0 aliphatic heterocycles. The van der Waals surface area contributed by atoms with Crippen molar-refractivity contribution in [2.45, 2.75) is 97.2 Å². The largest absolute Gasteiger partial charge is 0.481 e. The fourth-order valence-corrected chi connectivity index (χ4v) is 8.71. The van der Waals surface area contributed by atoms with Crippen molar-refractivity contribution in [2.75, 3.05) is 0 Å². The third-order valence-corrected chi connectivity index (χ3v) is 10.5. The van der Waals surface area contributed by atoms with E-state index in [9.17, 15) is 15.0 Å². The lowest BCUT2D eigenvalue weighted by Gasteiger charge is -2.62. The van der Waals surface area contributed by atoms with Gasteiger partial charge in [0.05, 0.1) is 12.2 Å². The Morgan fingerprint density at radius 3 is 2.34 bits per heavy atom. The molecule has 0 aromatic rings. The number of allylic oxidation sites excluding steroid dienone is 2. The number of aliphatic hydroxyl groups excluding tert-OH is 2. The second-order valence-corrected chi connectivity index (χ2v) is 11.8. The number of hydrogen-bond acceptors (Lipinski definition) is 3. The van der Waals surface area contributed by atoms with E-state index in [4.69, 9.17) is 5.11 Å². The molecule has 0 aromatic heterocycles. The Bertz CT molecular complexity index is 683. The standard InChI is InChI=1S/C24H40O4.C4H6/c1-14(4-9-22(27)28)18-7-8-19-17-6-5-15-12-16(25)10-11-23(15,2)20(17)13-21(26)24(18,19)3;1-3-4-2/h14-21,25-26H,4-13H2,1-3H3,(H,27,28);3-4H,1-2H2/t14-,15-,16-,17?,18-,19?,20?,21+,23+,24-;/m1./s1. The van der Waals surface area contributed by atoms with Crippen LogP contribution in [0.3, 0.4) is 0 Å². The van der Waals surface area contributed by atoms with Crippen molar-refractivity contribution >= 4 is 5.97 Å². The summed E-state index contributed by atoms with van der Waals surface area (Å²) in [7, 11) is 0. The fraction of sp³-hybridized carbons (Fsp3) is 0.821. The normalized spacial score (nSPS) is 45.8. The fourth-order valence-electron chi connectivity index (χ4n) is 8.71. The highest BCUT2D eigenvalue weighted by atomic mass is 16.4. The van der Waals surface area contributed by atoms with Crippen LogP contribution < -0.4 is 0 Å². The number of rotatable bonds is 5. The van der Waals surface area contributed by atoms with Crippen molar-refractivity contribution in [3.05, 3.63) is 25.3 Å². The van der Waals surface area contributed by atoms with E-state index in [2.05, 4.69) is 33.9 Å². The van der Waals surface area contributed by atoms with Crippen LogP contribution in [0.2, 0.25) is 0 Å². The number of carboxylic acid groups (broad SMARTS) is 1. The minimum absolute atomic E-state index is 0.0591. The van der Waals surface area contributed by atoms with Crippen molar-refractivity contribution in [2.24, 2.45) is 46.3 Å². The lowest BCUT2D eigenvalue weighted by molar-refractivity contribution is -0.175. The molecule has 4 aliphatic rings. The molecule has 0 spiro atoms. The number of hydrogen-bond donors (Lipinski definition) is 3. The molecule has 0 amide bonds. The molecule has 4 nitrogen and oxygen atoms in total. The predicted octanol–water partition coefficient (Wildman–Crippen LogP) is 5.84. The minimum Gasteiger partial charge on any atom is -0.481 e. The van der Waals surface area contributed by atoms with E-state index in [1.54, 1.807) is 12.2 Å². The Kier molecular flexibility index (Phi) is 7.97. The van der Waals surface area contributed by atoms with Crippen LogP contribution in [-0.4, -0.2) is 33.5 Å². The van der Waals surface area contributed by atoms with Gasteiger partial charge in [0.25, 0.3) is 0 Å². The van der Waals surface area contributed by atoms with Crippen molar-refractivity contribution < 1.29 is 20.1 Å². The first kappa shape index (κ1) is 25.5. The number of carbonyl (C=O) groups is 1. The zero-order valence-electron chi connectivity index (χ0n) is 20.5. The van der Waals surface area contributed by atoms with E-state index in [0.29, 0.717) is 35.5 Å². The summed E-state index contributed by atoms with van der Waals surface area (Å²) < 4.78 is 0. The van der Waals surface area contributed by atoms with Crippen LogP contribution >= 0.6 is 0 Å². The third-order valence-electron chi connectivity index (χ3n) is 10.5. The molecule has 0 aromatic carbocycles. The van der Waals surface area contributed by atoms with Crippen molar-refractivity contribution in [3.8, 4) is 0 Å². The van der Waals surface area contributed by atoms with Gasteiger partial charge in [-0.15, -0.1) is 0 Å². The molecule has 3 unspecified atom stereocenters. The average Bonchev–Trinajstić information content (AvgIpc) is 3.12. The van der Waals surface area contributed by atoms with Crippen molar-refractivity contribution in [1.29, 1.82) is 0 Å². The van der Waals surface area contributed by atoms with Gasteiger partial charge < -0.3 is 15.3 Å². The zero-order chi connectivity index (χ0) is 23.7. The van der Waals surface area contributed by atoms with Crippen molar-refractivity contribution in [3.63, 3.8) is 0 Å². The topological polar surface area (TPSA) is 77.8 Å². The van der Waals surface area contributed by atoms with Crippen LogP contribution in [0.25, 0.3) is 0 Å². The Morgan fingerprint density at radius 1 is 1.03 bits per heavy atom. The molecule has 182 valence electrons. The first-order valence-corrected chi connectivity index (χ1v) is 12.9. The lowest BCUT2D eigenvalue weighted by atomic mass is 9.43. The summed E-state index contributed by atoms with van der Waals surface area (Å²) in [6.07, 6.45) is 12.5. The van der Waals surface area contributed by atoms with Crippen LogP contribution in [0.1, 0.15) is 85.0 Å². The van der Waals surface area contributed by atoms with E-state index in [1.165, 1.54) is 19.3 Å². The van der Waals surface area contributed by atoms with Crippen LogP contribution in [0, 0.1) is 46.3 Å². The average molecular weight is 447 g/mol. The number of carboxylic acids is 1. The number of aliphatic carboxylic acids is 1. The Morgan fingerprint density at radius 2 is 1.72 bits per heavy atom. The van der Waals surface area contributed by atoms with Crippen LogP contribution in [0.15, 0.2) is 25.3 Å². The van der Waals surface area contributed by atoms with E-state index in [0.717, 1.165) is 38.5 Å². The summed E-state index contributed by atoms with van der Waals surface area (Å²) in [5.74, 6) is 2.55. The summed E-state index contributed by atoms with van der Waals surface area (Å²) in [6.45, 7) is 13.7. The molecule has 0 bridgehead atoms. The first-order valence-electron chi connectivity index (χ1n) is 12.9. The Balaban J connectivity index is 0.000000668. The molecule has 4 aliphatic carbocycles. The Hall–Kier alpha value is -1.13. The van der Waals surface area contributed by atoms with Crippen LogP contribution in [-0.2, 0) is 4.79 Å². The third kappa shape index (κ3) is 4.46. The summed E-state index contributed by atoms with van der Waals surface area (Å²) in [5.41, 5.74) is 0.216. The molecule has 0 radical (unpaired) electrons. The highest BCUT2D eigenvalue weighted by molar-refractivity contribution is 5.66. The van der Waals surface area contributed by atoms with Gasteiger partial charge in [0.1, 0.15) is 0 Å². The summed E-state index contributed by atoms with van der Waals surface area (Å²) in [6, 6.07) is 0. The molecule has 4 heteroatoms. The molecule has 4 fully saturated rings. The molecule has 0 heterocycles. The Labute approximate surface area is 195 Å². The molecule has 4 saturated carbocycles. The van der Waals surface area contributed by atoms with Gasteiger partial charge in [0, 0.05) is 6.42 Å². The summed E-state index contributed by atoms with van der Waals surface area (Å²) in [5, 5.41) is 30.8. The molecule has 10 atom stereocenters. The maximum atomic E-state index is 11.5. The van der Waals surface area contributed by atoms with Crippen molar-refractivity contribution in [1.82, 2.24) is 0 Å². The molecule has 3 N–H and O–H groups in total. The van der Waals surface area contributed by atoms with Gasteiger partial charge >= 0.3 is 5.97 Å². The second-order valence-electron chi connectivity index (χ2n) is 11.8. The van der Waals surface area contributed by atoms with E-state index < -0.39 is 5.97 Å². The molecule has 32 heavy (non-hydrogen) atoms. The molecule has 0 saturated heterocycles. The quantitative estimate of drug-likeness (QED) is 0.464. The van der Waals surface area contributed by atoms with E-state index in [-0.39, 0.29) is 29.5 Å². The predicted molar refractivity (Wildman–Crippen MR) is 129 cm³/mol. The monoisotopic (exact) mass is 446 g/mol. The van der Waals surface area contributed by atoms with Gasteiger partial charge in [-0.1, -0.05) is 46.1 Å². The van der Waals surface area contributed by atoms with Gasteiger partial charge in [-0.25, -0.2) is 0 Å². The first-order chi connectivity index (χ1) is 15.1.